The Morgan fingerprint density at radius 1 is 1.25 bits per heavy atom. The molecule has 1 aliphatic heterocycles. The number of primary sulfonamides is 1. The number of nitrogens with one attached hydrogen (secondary N) is 1. The van der Waals surface area contributed by atoms with E-state index in [0.717, 1.165) is 18.4 Å². The highest BCUT2D eigenvalue weighted by atomic mass is 32.2. The molecule has 1 aliphatic rings. The van der Waals surface area contributed by atoms with Crippen molar-refractivity contribution >= 4 is 22.0 Å². The molecule has 0 aromatic heterocycles. The highest BCUT2D eigenvalue weighted by Crippen LogP contribution is 2.19. The molecule has 1 atom stereocenters. The summed E-state index contributed by atoms with van der Waals surface area (Å²) in [5.74, 6) is -0.347. The van der Waals surface area contributed by atoms with Gasteiger partial charge in [0.25, 0.3) is 0 Å². The Morgan fingerprint density at radius 2 is 1.89 bits per heavy atom. The predicted molar refractivity (Wildman–Crippen MR) is 105 cm³/mol. The molecule has 3 N–H and O–H groups in total. The fourth-order valence-corrected chi connectivity index (χ4v) is 3.52. The van der Waals surface area contributed by atoms with Gasteiger partial charge in [0.2, 0.25) is 15.9 Å². The van der Waals surface area contributed by atoms with Crippen LogP contribution in [0.5, 0.6) is 0 Å². The summed E-state index contributed by atoms with van der Waals surface area (Å²) in [5.41, 5.74) is 0.331. The molecule has 2 amide bonds. The van der Waals surface area contributed by atoms with E-state index in [1.165, 1.54) is 12.1 Å². The van der Waals surface area contributed by atoms with Crippen molar-refractivity contribution < 1.29 is 22.7 Å². The molecule has 0 radical (unpaired) electrons. The van der Waals surface area contributed by atoms with Gasteiger partial charge in [-0.05, 0) is 57.7 Å². The second-order valence-electron chi connectivity index (χ2n) is 8.00. The Morgan fingerprint density at radius 3 is 2.46 bits per heavy atom. The smallest absolute Gasteiger partial charge is 0.410 e. The Labute approximate surface area is 166 Å². The van der Waals surface area contributed by atoms with Gasteiger partial charge in [0.1, 0.15) is 5.60 Å². The minimum atomic E-state index is -3.70. The van der Waals surface area contributed by atoms with Gasteiger partial charge < -0.3 is 15.0 Å². The van der Waals surface area contributed by atoms with Gasteiger partial charge in [0, 0.05) is 19.6 Å². The van der Waals surface area contributed by atoms with E-state index in [0.29, 0.717) is 26.1 Å². The van der Waals surface area contributed by atoms with Crippen LogP contribution in [0.25, 0.3) is 0 Å². The minimum Gasteiger partial charge on any atom is -0.444 e. The summed E-state index contributed by atoms with van der Waals surface area (Å²) < 4.78 is 27.9. The number of benzene rings is 1. The Balaban J connectivity index is 1.81. The molecule has 1 fully saturated rings. The van der Waals surface area contributed by atoms with Crippen LogP contribution < -0.4 is 10.5 Å². The van der Waals surface area contributed by atoms with Gasteiger partial charge in [-0.15, -0.1) is 0 Å². The largest absolute Gasteiger partial charge is 0.444 e. The number of rotatable bonds is 5. The summed E-state index contributed by atoms with van der Waals surface area (Å²) in [6.45, 7) is 6.81. The van der Waals surface area contributed by atoms with Crippen LogP contribution in [0.15, 0.2) is 29.2 Å². The van der Waals surface area contributed by atoms with Crippen molar-refractivity contribution in [3.05, 3.63) is 29.8 Å². The number of nitrogens with two attached hydrogens (primary N) is 1. The number of likely N-dealkylation sites (tertiary alicyclic amines) is 1. The van der Waals surface area contributed by atoms with Gasteiger partial charge in [-0.25, -0.2) is 18.4 Å². The predicted octanol–water partition coefficient (Wildman–Crippen LogP) is 1.64. The molecule has 28 heavy (non-hydrogen) atoms. The van der Waals surface area contributed by atoms with Crippen LogP contribution >= 0.6 is 0 Å². The van der Waals surface area contributed by atoms with Gasteiger partial charge >= 0.3 is 6.09 Å². The van der Waals surface area contributed by atoms with Crippen molar-refractivity contribution in [1.82, 2.24) is 10.2 Å². The summed E-state index contributed by atoms with van der Waals surface area (Å²) in [7, 11) is -3.70. The Bertz CT molecular complexity index is 800. The highest BCUT2D eigenvalue weighted by molar-refractivity contribution is 7.89. The van der Waals surface area contributed by atoms with E-state index >= 15 is 0 Å². The summed E-state index contributed by atoms with van der Waals surface area (Å²) in [6.07, 6.45) is 1.67. The van der Waals surface area contributed by atoms with Crippen molar-refractivity contribution in [3.63, 3.8) is 0 Å². The molecule has 9 heteroatoms. The maximum absolute atomic E-state index is 12.4. The van der Waals surface area contributed by atoms with Gasteiger partial charge in [0.05, 0.1) is 10.8 Å². The average molecular weight is 412 g/mol. The monoisotopic (exact) mass is 411 g/mol. The van der Waals surface area contributed by atoms with E-state index < -0.39 is 15.6 Å². The van der Waals surface area contributed by atoms with Crippen molar-refractivity contribution in [2.45, 2.75) is 50.5 Å². The minimum absolute atomic E-state index is 0.0599. The van der Waals surface area contributed by atoms with E-state index in [2.05, 4.69) is 5.32 Å². The lowest BCUT2D eigenvalue weighted by atomic mass is 9.97. The van der Waals surface area contributed by atoms with Crippen LogP contribution in [0.1, 0.15) is 39.2 Å². The van der Waals surface area contributed by atoms with Crippen LogP contribution in [0, 0.1) is 5.92 Å². The molecule has 0 unspecified atom stereocenters. The summed E-state index contributed by atoms with van der Waals surface area (Å²) >= 11 is 0. The van der Waals surface area contributed by atoms with Crippen LogP contribution in [-0.4, -0.2) is 50.6 Å². The number of carbonyl (C=O) groups is 2. The van der Waals surface area contributed by atoms with Gasteiger partial charge in [-0.3, -0.25) is 4.79 Å². The van der Waals surface area contributed by atoms with Crippen molar-refractivity contribution in [2.24, 2.45) is 11.1 Å². The fraction of sp³-hybridized carbons (Fsp3) is 0.579. The lowest BCUT2D eigenvalue weighted by Crippen LogP contribution is -2.47. The lowest BCUT2D eigenvalue weighted by molar-refractivity contribution is -0.126. The topological polar surface area (TPSA) is 119 Å². The standard InChI is InChI=1S/C19H29N3O5S/c1-19(2,3)27-18(24)22-12-4-5-15(13-22)17(23)21-11-10-14-6-8-16(9-7-14)28(20,25)26/h6-9,15H,4-5,10-13H2,1-3H3,(H,21,23)(H2,20,25,26)/t15-/m1/s1. The van der Waals surface area contributed by atoms with E-state index in [1.807, 2.05) is 20.8 Å². The number of ether oxygens (including phenoxy) is 1. The van der Waals surface area contributed by atoms with Crippen molar-refractivity contribution in [2.75, 3.05) is 19.6 Å². The summed E-state index contributed by atoms with van der Waals surface area (Å²) in [4.78, 5) is 26.3. The number of amides is 2. The zero-order valence-electron chi connectivity index (χ0n) is 16.6. The maximum Gasteiger partial charge on any atom is 0.410 e. The molecule has 156 valence electrons. The van der Waals surface area contributed by atoms with Crippen molar-refractivity contribution in [1.29, 1.82) is 0 Å². The third kappa shape index (κ3) is 6.79. The third-order valence-corrected chi connectivity index (χ3v) is 5.34. The molecule has 1 heterocycles. The fourth-order valence-electron chi connectivity index (χ4n) is 3.00. The van der Waals surface area contributed by atoms with Crippen LogP contribution in [-0.2, 0) is 26.0 Å². The van der Waals surface area contributed by atoms with Crippen molar-refractivity contribution in [3.8, 4) is 0 Å². The van der Waals surface area contributed by atoms with Crippen LogP contribution in [0.2, 0.25) is 0 Å². The van der Waals surface area contributed by atoms with Crippen LogP contribution in [0.4, 0.5) is 4.79 Å². The van der Waals surface area contributed by atoms with Crippen LogP contribution in [0.3, 0.4) is 0 Å². The molecule has 0 spiro atoms. The van der Waals surface area contributed by atoms with E-state index in [-0.39, 0.29) is 22.8 Å². The van der Waals surface area contributed by atoms with E-state index in [1.54, 1.807) is 17.0 Å². The van der Waals surface area contributed by atoms with Gasteiger partial charge in [-0.1, -0.05) is 12.1 Å². The molecule has 0 saturated carbocycles. The third-order valence-electron chi connectivity index (χ3n) is 4.41. The molecule has 2 rings (SSSR count). The van der Waals surface area contributed by atoms with E-state index in [9.17, 15) is 18.0 Å². The molecular weight excluding hydrogens is 382 g/mol. The SMILES string of the molecule is CC(C)(C)OC(=O)N1CCC[C@@H](C(=O)NCCc2ccc(S(N)(=O)=O)cc2)C1. The first kappa shape index (κ1) is 22.2. The molecule has 8 nitrogen and oxygen atoms in total. The summed E-state index contributed by atoms with van der Waals surface area (Å²) in [5, 5.41) is 7.97. The second kappa shape index (κ2) is 8.91. The lowest BCUT2D eigenvalue weighted by Gasteiger charge is -2.33. The normalized spacial score (nSPS) is 17.9. The number of carbonyl (C=O) groups excluding carboxylic acids is 2. The molecule has 0 bridgehead atoms. The van der Waals surface area contributed by atoms with Gasteiger partial charge in [0.15, 0.2) is 0 Å². The second-order valence-corrected chi connectivity index (χ2v) is 9.56. The number of hydrogen-bond donors (Lipinski definition) is 2. The maximum atomic E-state index is 12.4. The molecule has 1 aromatic carbocycles. The Kier molecular flexibility index (Phi) is 7.06. The highest BCUT2D eigenvalue weighted by Gasteiger charge is 2.30. The number of sulfonamides is 1. The van der Waals surface area contributed by atoms with E-state index in [4.69, 9.17) is 9.88 Å². The first-order chi connectivity index (χ1) is 13.0. The first-order valence-electron chi connectivity index (χ1n) is 9.33. The summed E-state index contributed by atoms with van der Waals surface area (Å²) in [6, 6.07) is 6.26. The molecule has 1 aromatic rings. The number of nitrogens with zero attached hydrogens (tertiary/aromatic N) is 1. The molecule has 0 aliphatic carbocycles. The molecule has 1 saturated heterocycles. The Hall–Kier alpha value is -2.13. The number of hydrogen-bond acceptors (Lipinski definition) is 5. The quantitative estimate of drug-likeness (QED) is 0.763. The van der Waals surface area contributed by atoms with Gasteiger partial charge in [-0.2, -0.15) is 0 Å². The zero-order chi connectivity index (χ0) is 20.9. The number of piperidine rings is 1. The average Bonchev–Trinajstić information content (AvgIpc) is 2.60. The molecular formula is C19H29N3O5S. The zero-order valence-corrected chi connectivity index (χ0v) is 17.4. The first-order valence-corrected chi connectivity index (χ1v) is 10.9.